The summed E-state index contributed by atoms with van der Waals surface area (Å²) in [6.45, 7) is 1.90. The maximum atomic E-state index is 11.3. The first-order chi connectivity index (χ1) is 9.54. The quantitative estimate of drug-likeness (QED) is 0.679. The van der Waals surface area contributed by atoms with E-state index in [1.54, 1.807) is 30.3 Å². The van der Waals surface area contributed by atoms with E-state index >= 15 is 0 Å². The van der Waals surface area contributed by atoms with E-state index < -0.39 is 6.10 Å². The van der Waals surface area contributed by atoms with Gasteiger partial charge in [0, 0.05) is 5.02 Å². The highest BCUT2D eigenvalue weighted by Gasteiger charge is 2.14. The Morgan fingerprint density at radius 2 is 1.70 bits per heavy atom. The third-order valence-corrected chi connectivity index (χ3v) is 3.63. The molecule has 0 amide bonds. The number of benzene rings is 2. The van der Waals surface area contributed by atoms with Crippen molar-refractivity contribution in [2.45, 2.75) is 13.0 Å². The summed E-state index contributed by atoms with van der Waals surface area (Å²) in [4.78, 5) is 16.7. The summed E-state index contributed by atoms with van der Waals surface area (Å²) in [5.41, 5.74) is 3.60. The average Bonchev–Trinajstić information content (AvgIpc) is 2.77. The van der Waals surface area contributed by atoms with Crippen LogP contribution in [0.1, 0.15) is 22.8 Å². The number of aliphatic hydroxyl groups excluding tert-OH is 1. The van der Waals surface area contributed by atoms with Crippen molar-refractivity contribution >= 4 is 22.6 Å². The molecule has 3 aromatic rings. The molecular weight excluding hydrogens is 276 g/mol. The molecule has 1 atom stereocenters. The summed E-state index contributed by atoms with van der Waals surface area (Å²) < 4.78 is 0. The van der Waals surface area contributed by atoms with Crippen molar-refractivity contribution < 1.29 is 5.11 Å². The molecule has 2 aromatic carbocycles. The maximum absolute atomic E-state index is 11.3. The molecule has 20 heavy (non-hydrogen) atoms. The van der Waals surface area contributed by atoms with E-state index in [-0.39, 0.29) is 5.69 Å². The molecule has 1 heterocycles. The number of halogens is 1. The minimum Gasteiger partial charge on any atom is -0.384 e. The van der Waals surface area contributed by atoms with Crippen LogP contribution in [0.5, 0.6) is 0 Å². The van der Waals surface area contributed by atoms with Gasteiger partial charge in [-0.15, -0.1) is 0 Å². The Bertz CT molecular complexity index is 818. The lowest BCUT2D eigenvalue weighted by atomic mass is 9.97. The Kier molecular flexibility index (Phi) is 3.12. The zero-order valence-corrected chi connectivity index (χ0v) is 11.5. The van der Waals surface area contributed by atoms with Crippen LogP contribution >= 0.6 is 11.6 Å². The van der Waals surface area contributed by atoms with Gasteiger partial charge in [-0.05, 0) is 47.9 Å². The van der Waals surface area contributed by atoms with Gasteiger partial charge in [-0.2, -0.15) is 0 Å². The summed E-state index contributed by atoms with van der Waals surface area (Å²) in [5, 5.41) is 11.1. The van der Waals surface area contributed by atoms with Crippen LogP contribution in [0.2, 0.25) is 5.02 Å². The van der Waals surface area contributed by atoms with Crippen LogP contribution in [0.25, 0.3) is 11.0 Å². The molecule has 1 aromatic heterocycles. The van der Waals surface area contributed by atoms with Gasteiger partial charge < -0.3 is 15.1 Å². The maximum Gasteiger partial charge on any atom is 0.323 e. The third kappa shape index (κ3) is 2.24. The smallest absolute Gasteiger partial charge is 0.323 e. The average molecular weight is 289 g/mol. The predicted molar refractivity (Wildman–Crippen MR) is 79.2 cm³/mol. The van der Waals surface area contributed by atoms with Crippen molar-refractivity contribution in [3.8, 4) is 0 Å². The van der Waals surface area contributed by atoms with Crippen LogP contribution in [0.4, 0.5) is 0 Å². The molecule has 102 valence electrons. The lowest BCUT2D eigenvalue weighted by Crippen LogP contribution is -2.02. The largest absolute Gasteiger partial charge is 0.384 e. The fraction of sp³-hybridized carbons (Fsp3) is 0.133. The van der Waals surface area contributed by atoms with Crippen molar-refractivity contribution in [3.05, 3.63) is 68.6 Å². The fourth-order valence-electron chi connectivity index (χ4n) is 2.33. The summed E-state index contributed by atoms with van der Waals surface area (Å²) >= 11 is 5.85. The Labute approximate surface area is 120 Å². The van der Waals surface area contributed by atoms with E-state index in [1.807, 2.05) is 13.0 Å². The van der Waals surface area contributed by atoms with Gasteiger partial charge in [0.1, 0.15) is 6.10 Å². The van der Waals surface area contributed by atoms with E-state index in [4.69, 9.17) is 11.6 Å². The van der Waals surface area contributed by atoms with Crippen LogP contribution in [-0.2, 0) is 0 Å². The Hall–Kier alpha value is -2.04. The summed E-state index contributed by atoms with van der Waals surface area (Å²) in [7, 11) is 0. The second-order valence-corrected chi connectivity index (χ2v) is 5.22. The highest BCUT2D eigenvalue weighted by atomic mass is 35.5. The molecule has 0 aliphatic rings. The first-order valence-corrected chi connectivity index (χ1v) is 6.58. The molecule has 1 unspecified atom stereocenters. The molecule has 4 nitrogen and oxygen atoms in total. The number of aryl methyl sites for hydroxylation is 1. The molecule has 0 bridgehead atoms. The zero-order valence-electron chi connectivity index (χ0n) is 10.8. The van der Waals surface area contributed by atoms with Gasteiger partial charge in [-0.25, -0.2) is 4.79 Å². The minimum absolute atomic E-state index is 0.252. The summed E-state index contributed by atoms with van der Waals surface area (Å²) in [6.07, 6.45) is -0.755. The fourth-order valence-corrected chi connectivity index (χ4v) is 2.45. The van der Waals surface area contributed by atoms with Crippen LogP contribution in [0, 0.1) is 6.92 Å². The standard InChI is InChI=1S/C15H13ClN2O2/c1-8-6-12-13(18-15(20)17-12)7-11(8)14(19)9-2-4-10(16)5-3-9/h2-7,14,19H,1H3,(H2,17,18,20). The van der Waals surface area contributed by atoms with Crippen molar-refractivity contribution in [1.82, 2.24) is 9.97 Å². The second-order valence-electron chi connectivity index (χ2n) is 4.79. The van der Waals surface area contributed by atoms with Gasteiger partial charge in [0.15, 0.2) is 0 Å². The summed E-state index contributed by atoms with van der Waals surface area (Å²) in [5.74, 6) is 0. The molecule has 0 spiro atoms. The van der Waals surface area contributed by atoms with Gasteiger partial charge in [-0.3, -0.25) is 0 Å². The second kappa shape index (κ2) is 4.81. The van der Waals surface area contributed by atoms with Crippen LogP contribution in [0.3, 0.4) is 0 Å². The molecule has 3 rings (SSSR count). The number of aromatic amines is 2. The van der Waals surface area contributed by atoms with Gasteiger partial charge in [-0.1, -0.05) is 23.7 Å². The number of imidazole rings is 1. The van der Waals surface area contributed by atoms with Gasteiger partial charge in [0.25, 0.3) is 0 Å². The Morgan fingerprint density at radius 3 is 2.35 bits per heavy atom. The van der Waals surface area contributed by atoms with Gasteiger partial charge in [0.2, 0.25) is 0 Å². The van der Waals surface area contributed by atoms with Crippen molar-refractivity contribution in [2.75, 3.05) is 0 Å². The number of rotatable bonds is 2. The predicted octanol–water partition coefficient (Wildman–Crippen LogP) is 2.90. The number of aromatic nitrogens is 2. The SMILES string of the molecule is Cc1cc2[nH]c(=O)[nH]c2cc1C(O)c1ccc(Cl)cc1. The normalized spacial score (nSPS) is 12.8. The first-order valence-electron chi connectivity index (χ1n) is 6.20. The van der Waals surface area contributed by atoms with Gasteiger partial charge >= 0.3 is 5.69 Å². The first kappa shape index (κ1) is 13.0. The monoisotopic (exact) mass is 288 g/mol. The van der Waals surface area contributed by atoms with Crippen LogP contribution < -0.4 is 5.69 Å². The van der Waals surface area contributed by atoms with Crippen molar-refractivity contribution in [1.29, 1.82) is 0 Å². The lowest BCUT2D eigenvalue weighted by molar-refractivity contribution is 0.219. The molecule has 0 fully saturated rings. The third-order valence-electron chi connectivity index (χ3n) is 3.38. The van der Waals surface area contributed by atoms with Crippen molar-refractivity contribution in [3.63, 3.8) is 0 Å². The van der Waals surface area contributed by atoms with E-state index in [2.05, 4.69) is 9.97 Å². The number of aliphatic hydroxyl groups is 1. The molecule has 0 saturated heterocycles. The van der Waals surface area contributed by atoms with Gasteiger partial charge in [0.05, 0.1) is 11.0 Å². The number of fused-ring (bicyclic) bond motifs is 1. The van der Waals surface area contributed by atoms with E-state index in [0.717, 1.165) is 22.2 Å². The highest BCUT2D eigenvalue weighted by Crippen LogP contribution is 2.28. The van der Waals surface area contributed by atoms with E-state index in [1.165, 1.54) is 0 Å². The number of nitrogens with one attached hydrogen (secondary N) is 2. The topological polar surface area (TPSA) is 68.9 Å². The number of hydrogen-bond donors (Lipinski definition) is 3. The minimum atomic E-state index is -0.755. The number of hydrogen-bond acceptors (Lipinski definition) is 2. The molecular formula is C15H13ClN2O2. The highest BCUT2D eigenvalue weighted by molar-refractivity contribution is 6.30. The molecule has 0 radical (unpaired) electrons. The van der Waals surface area contributed by atoms with E-state index in [0.29, 0.717) is 10.5 Å². The summed E-state index contributed by atoms with van der Waals surface area (Å²) in [6, 6.07) is 10.7. The van der Waals surface area contributed by atoms with Crippen LogP contribution in [0.15, 0.2) is 41.2 Å². The molecule has 0 saturated carbocycles. The van der Waals surface area contributed by atoms with Crippen molar-refractivity contribution in [2.24, 2.45) is 0 Å². The Balaban J connectivity index is 2.10. The number of H-pyrrole nitrogens is 2. The molecule has 3 N–H and O–H groups in total. The lowest BCUT2D eigenvalue weighted by Gasteiger charge is -2.14. The Morgan fingerprint density at radius 1 is 1.10 bits per heavy atom. The van der Waals surface area contributed by atoms with Crippen LogP contribution in [-0.4, -0.2) is 15.1 Å². The molecule has 0 aliphatic heterocycles. The van der Waals surface area contributed by atoms with E-state index in [9.17, 15) is 9.90 Å². The molecule has 5 heteroatoms. The molecule has 0 aliphatic carbocycles. The zero-order chi connectivity index (χ0) is 14.3.